The zero-order chi connectivity index (χ0) is 8.97. The summed E-state index contributed by atoms with van der Waals surface area (Å²) in [6.45, 7) is 0. The highest BCUT2D eigenvalue weighted by Gasteiger charge is 2.10. The minimum Gasteiger partial charge on any atom is -0.274 e. The second-order valence-electron chi connectivity index (χ2n) is 3.03. The number of hydrogen-bond acceptors (Lipinski definition) is 2. The van der Waals surface area contributed by atoms with Crippen molar-refractivity contribution in [1.29, 1.82) is 0 Å². The maximum Gasteiger partial charge on any atom is 0.269 e. The third-order valence-corrected chi connectivity index (χ3v) is 2.16. The molecule has 0 heterocycles. The van der Waals surface area contributed by atoms with Gasteiger partial charge in [-0.3, -0.25) is 9.63 Å². The number of allylic oxidation sites excluding steroid dienone is 1. The highest BCUT2D eigenvalue weighted by atomic mass is 16.7. The molecule has 0 saturated heterocycles. The first-order valence-corrected chi connectivity index (χ1v) is 4.25. The van der Waals surface area contributed by atoms with Crippen LogP contribution in [0.2, 0.25) is 0 Å². The van der Waals surface area contributed by atoms with Crippen molar-refractivity contribution < 1.29 is 9.63 Å². The summed E-state index contributed by atoms with van der Waals surface area (Å²) in [5.74, 6) is -0.0607. The molecular formula is C9H15NO2. The second kappa shape index (κ2) is 4.26. The predicted octanol–water partition coefficient (Wildman–Crippen LogP) is 1.51. The topological polar surface area (TPSA) is 29.5 Å². The number of carbonyl (C=O) groups excluding carboxylic acids is 1. The van der Waals surface area contributed by atoms with Gasteiger partial charge >= 0.3 is 0 Å². The van der Waals surface area contributed by atoms with Gasteiger partial charge in [-0.1, -0.05) is 5.57 Å². The summed E-state index contributed by atoms with van der Waals surface area (Å²) in [4.78, 5) is 16.0. The lowest BCUT2D eigenvalue weighted by atomic mass is 10.2. The Hall–Kier alpha value is -0.830. The van der Waals surface area contributed by atoms with Gasteiger partial charge in [-0.05, 0) is 25.7 Å². The molecule has 0 spiro atoms. The van der Waals surface area contributed by atoms with Crippen LogP contribution in [0.25, 0.3) is 0 Å². The molecule has 1 saturated carbocycles. The normalized spacial score (nSPS) is 16.3. The summed E-state index contributed by atoms with van der Waals surface area (Å²) in [5, 5.41) is 1.24. The number of carbonyl (C=O) groups is 1. The van der Waals surface area contributed by atoms with Crippen LogP contribution in [0.4, 0.5) is 0 Å². The van der Waals surface area contributed by atoms with E-state index in [0.29, 0.717) is 0 Å². The number of amides is 1. The molecule has 1 aliphatic carbocycles. The number of likely N-dealkylation sites (N-methyl/N-ethyl adjacent to an activating group) is 1. The zero-order valence-electron chi connectivity index (χ0n) is 7.67. The van der Waals surface area contributed by atoms with E-state index >= 15 is 0 Å². The van der Waals surface area contributed by atoms with Gasteiger partial charge in [0.2, 0.25) is 0 Å². The highest BCUT2D eigenvalue weighted by molar-refractivity contribution is 5.87. The molecule has 0 unspecified atom stereocenters. The first kappa shape index (κ1) is 9.26. The highest BCUT2D eigenvalue weighted by Crippen LogP contribution is 2.23. The number of hydrogen-bond donors (Lipinski definition) is 0. The van der Waals surface area contributed by atoms with Crippen molar-refractivity contribution in [2.45, 2.75) is 25.7 Å². The van der Waals surface area contributed by atoms with Crippen molar-refractivity contribution in [3.05, 3.63) is 11.6 Å². The molecule has 68 valence electrons. The molecule has 0 N–H and O–H groups in total. The van der Waals surface area contributed by atoms with E-state index in [4.69, 9.17) is 4.84 Å². The van der Waals surface area contributed by atoms with E-state index < -0.39 is 0 Å². The number of rotatable bonds is 2. The Balaban J connectivity index is 2.48. The molecule has 12 heavy (non-hydrogen) atoms. The predicted molar refractivity (Wildman–Crippen MR) is 46.3 cm³/mol. The zero-order valence-corrected chi connectivity index (χ0v) is 7.67. The van der Waals surface area contributed by atoms with E-state index in [2.05, 4.69) is 0 Å². The lowest BCUT2D eigenvalue weighted by Gasteiger charge is -2.10. The molecule has 0 radical (unpaired) electrons. The van der Waals surface area contributed by atoms with Crippen LogP contribution >= 0.6 is 0 Å². The molecule has 3 nitrogen and oxygen atoms in total. The standard InChI is InChI=1S/C9H15NO2/c1-10(12-2)9(11)7-8-5-3-4-6-8/h7H,3-6H2,1-2H3. The van der Waals surface area contributed by atoms with Crippen LogP contribution in [-0.2, 0) is 9.63 Å². The number of nitrogens with zero attached hydrogens (tertiary/aromatic N) is 1. The molecule has 0 aliphatic heterocycles. The van der Waals surface area contributed by atoms with Crippen LogP contribution in [0.15, 0.2) is 11.6 Å². The Morgan fingerprint density at radius 3 is 2.58 bits per heavy atom. The fourth-order valence-corrected chi connectivity index (χ4v) is 1.33. The summed E-state index contributed by atoms with van der Waals surface area (Å²) in [7, 11) is 3.11. The number of hydroxylamine groups is 2. The quantitative estimate of drug-likeness (QED) is 0.463. The molecule has 1 fully saturated rings. The van der Waals surface area contributed by atoms with E-state index in [9.17, 15) is 4.79 Å². The van der Waals surface area contributed by atoms with E-state index in [1.54, 1.807) is 13.1 Å². The Labute approximate surface area is 73.0 Å². The van der Waals surface area contributed by atoms with Crippen molar-refractivity contribution in [2.24, 2.45) is 0 Å². The van der Waals surface area contributed by atoms with Gasteiger partial charge in [-0.15, -0.1) is 0 Å². The van der Waals surface area contributed by atoms with Gasteiger partial charge in [0.1, 0.15) is 0 Å². The largest absolute Gasteiger partial charge is 0.274 e. The van der Waals surface area contributed by atoms with Crippen LogP contribution in [-0.4, -0.2) is 25.1 Å². The van der Waals surface area contributed by atoms with Gasteiger partial charge in [0.25, 0.3) is 5.91 Å². The SMILES string of the molecule is CON(C)C(=O)C=C1CCCC1. The van der Waals surface area contributed by atoms with Gasteiger partial charge in [0.15, 0.2) is 0 Å². The van der Waals surface area contributed by atoms with Crippen molar-refractivity contribution in [1.82, 2.24) is 5.06 Å². The average molecular weight is 169 g/mol. The summed E-state index contributed by atoms with van der Waals surface area (Å²) >= 11 is 0. The molecule has 1 amide bonds. The fraction of sp³-hybridized carbons (Fsp3) is 0.667. The molecule has 1 aliphatic rings. The smallest absolute Gasteiger partial charge is 0.269 e. The van der Waals surface area contributed by atoms with E-state index in [-0.39, 0.29) is 5.91 Å². The monoisotopic (exact) mass is 169 g/mol. The van der Waals surface area contributed by atoms with Crippen molar-refractivity contribution in [3.63, 3.8) is 0 Å². The van der Waals surface area contributed by atoms with Crippen LogP contribution in [0.1, 0.15) is 25.7 Å². The summed E-state index contributed by atoms with van der Waals surface area (Å²) < 4.78 is 0. The summed E-state index contributed by atoms with van der Waals surface area (Å²) in [6.07, 6.45) is 6.27. The molecule has 0 atom stereocenters. The minimum absolute atomic E-state index is 0.0607. The average Bonchev–Trinajstić information content (AvgIpc) is 2.55. The van der Waals surface area contributed by atoms with Crippen LogP contribution in [0, 0.1) is 0 Å². The minimum atomic E-state index is -0.0607. The van der Waals surface area contributed by atoms with Crippen molar-refractivity contribution >= 4 is 5.91 Å². The molecule has 0 aromatic rings. The maximum atomic E-state index is 11.3. The molecule has 1 rings (SSSR count). The molecule has 0 aromatic heterocycles. The van der Waals surface area contributed by atoms with Crippen LogP contribution in [0.5, 0.6) is 0 Å². The first-order chi connectivity index (χ1) is 5.74. The van der Waals surface area contributed by atoms with Crippen LogP contribution < -0.4 is 0 Å². The van der Waals surface area contributed by atoms with Gasteiger partial charge in [-0.25, -0.2) is 5.06 Å². The lowest BCUT2D eigenvalue weighted by molar-refractivity contribution is -0.162. The van der Waals surface area contributed by atoms with E-state index in [0.717, 1.165) is 12.8 Å². The maximum absolute atomic E-state index is 11.3. The second-order valence-corrected chi connectivity index (χ2v) is 3.03. The summed E-state index contributed by atoms with van der Waals surface area (Å²) in [5.41, 5.74) is 1.25. The van der Waals surface area contributed by atoms with Gasteiger partial charge in [0, 0.05) is 13.1 Å². The Morgan fingerprint density at radius 2 is 2.08 bits per heavy atom. The van der Waals surface area contributed by atoms with Gasteiger partial charge in [0.05, 0.1) is 7.11 Å². The van der Waals surface area contributed by atoms with E-state index in [1.165, 1.54) is 30.6 Å². The molecule has 3 heteroatoms. The Kier molecular flexibility index (Phi) is 3.29. The third kappa shape index (κ3) is 2.34. The molecular weight excluding hydrogens is 154 g/mol. The van der Waals surface area contributed by atoms with Crippen molar-refractivity contribution in [3.8, 4) is 0 Å². The lowest BCUT2D eigenvalue weighted by Crippen LogP contribution is -2.23. The van der Waals surface area contributed by atoms with E-state index in [1.807, 2.05) is 0 Å². The van der Waals surface area contributed by atoms with Crippen molar-refractivity contribution in [2.75, 3.05) is 14.2 Å². The van der Waals surface area contributed by atoms with Gasteiger partial charge < -0.3 is 0 Å². The summed E-state index contributed by atoms with van der Waals surface area (Å²) in [6, 6.07) is 0. The van der Waals surface area contributed by atoms with Gasteiger partial charge in [-0.2, -0.15) is 0 Å². The molecule has 0 bridgehead atoms. The Morgan fingerprint density at radius 1 is 1.50 bits per heavy atom. The fourth-order valence-electron chi connectivity index (χ4n) is 1.33. The first-order valence-electron chi connectivity index (χ1n) is 4.25. The third-order valence-electron chi connectivity index (χ3n) is 2.16. The molecule has 0 aromatic carbocycles. The van der Waals surface area contributed by atoms with Crippen LogP contribution in [0.3, 0.4) is 0 Å². The Bertz CT molecular complexity index is 191.